The molecule has 3 heterocycles. The van der Waals surface area contributed by atoms with E-state index in [1.54, 1.807) is 0 Å². The van der Waals surface area contributed by atoms with E-state index < -0.39 is 5.41 Å². The van der Waals surface area contributed by atoms with Crippen LogP contribution in [0.1, 0.15) is 66.3 Å². The van der Waals surface area contributed by atoms with E-state index in [-0.39, 0.29) is 5.41 Å². The van der Waals surface area contributed by atoms with E-state index in [1.807, 2.05) is 11.3 Å². The van der Waals surface area contributed by atoms with E-state index in [9.17, 15) is 0 Å². The third-order valence-corrected chi connectivity index (χ3v) is 16.3. The van der Waals surface area contributed by atoms with Crippen molar-refractivity contribution in [3.05, 3.63) is 186 Å². The molecule has 7 aromatic carbocycles. The Kier molecular flexibility index (Phi) is 7.06. The van der Waals surface area contributed by atoms with E-state index in [0.29, 0.717) is 11.6 Å². The van der Waals surface area contributed by atoms with Gasteiger partial charge in [0.05, 0.1) is 5.41 Å². The molecule has 5 aliphatic carbocycles. The van der Waals surface area contributed by atoms with Crippen LogP contribution in [-0.2, 0) is 10.8 Å². The molecule has 1 aliphatic heterocycles. The topological polar surface area (TPSA) is 47.9 Å². The van der Waals surface area contributed by atoms with Gasteiger partial charge in [-0.05, 0) is 126 Å². The molecular formula is C56H41N3OS. The van der Waals surface area contributed by atoms with Crippen molar-refractivity contribution in [2.75, 3.05) is 0 Å². The summed E-state index contributed by atoms with van der Waals surface area (Å²) in [4.78, 5) is 16.4. The molecule has 0 unspecified atom stereocenters. The summed E-state index contributed by atoms with van der Waals surface area (Å²) in [5.74, 6) is 6.36. The summed E-state index contributed by atoms with van der Waals surface area (Å²) in [6.07, 6.45) is 8.06. The van der Waals surface area contributed by atoms with Gasteiger partial charge in [-0.3, -0.25) is 0 Å². The van der Waals surface area contributed by atoms with E-state index in [1.165, 1.54) is 86.5 Å². The van der Waals surface area contributed by atoms with Crippen LogP contribution in [0.25, 0.3) is 65.5 Å². The zero-order chi connectivity index (χ0) is 39.9. The van der Waals surface area contributed by atoms with Crippen LogP contribution in [0.5, 0.6) is 11.5 Å². The molecule has 0 radical (unpaired) electrons. The Morgan fingerprint density at radius 3 is 1.67 bits per heavy atom. The Morgan fingerprint density at radius 1 is 0.426 bits per heavy atom. The Labute approximate surface area is 359 Å². The van der Waals surface area contributed by atoms with Gasteiger partial charge in [-0.2, -0.15) is 0 Å². The predicted octanol–water partition coefficient (Wildman–Crippen LogP) is 14.2. The van der Waals surface area contributed by atoms with Crippen LogP contribution in [0.15, 0.2) is 158 Å². The number of fused-ring (bicyclic) bond motifs is 12. The Hall–Kier alpha value is -6.43. The highest BCUT2D eigenvalue weighted by molar-refractivity contribution is 7.25. The van der Waals surface area contributed by atoms with Crippen LogP contribution in [0, 0.1) is 17.8 Å². The third-order valence-electron chi connectivity index (χ3n) is 15.2. The lowest BCUT2D eigenvalue weighted by Gasteiger charge is -2.57. The third kappa shape index (κ3) is 4.84. The molecule has 4 nitrogen and oxygen atoms in total. The first-order chi connectivity index (χ1) is 30.1. The largest absolute Gasteiger partial charge is 0.457 e. The van der Waals surface area contributed by atoms with Crippen LogP contribution in [-0.4, -0.2) is 15.0 Å². The number of ether oxygens (including phenoxy) is 1. The summed E-state index contributed by atoms with van der Waals surface area (Å²) in [6.45, 7) is 0. The molecular weight excluding hydrogens is 763 g/mol. The monoisotopic (exact) mass is 803 g/mol. The summed E-state index contributed by atoms with van der Waals surface area (Å²) in [6, 6.07) is 57.5. The van der Waals surface area contributed by atoms with Gasteiger partial charge in [-0.1, -0.05) is 121 Å². The van der Waals surface area contributed by atoms with E-state index in [4.69, 9.17) is 19.7 Å². The Bertz CT molecular complexity index is 3230. The van der Waals surface area contributed by atoms with Gasteiger partial charge in [-0.25, -0.2) is 15.0 Å². The summed E-state index contributed by atoms with van der Waals surface area (Å²) in [7, 11) is 0. The SMILES string of the molecule is c1ccc2c(c1)Oc1ccc(-c3nc(-c4ccc5c(c4)sc4ccccc45)nc(-c4ccccc4C45CC6CC(CC(C6)C4)C5)n3)cc1C21c2ccccc2-c2ccccc21. The van der Waals surface area contributed by atoms with Crippen molar-refractivity contribution in [3.8, 4) is 56.8 Å². The minimum atomic E-state index is -0.580. The second-order valence-electron chi connectivity index (χ2n) is 18.5. The molecule has 1 spiro atoms. The molecule has 4 bridgehead atoms. The van der Waals surface area contributed by atoms with Gasteiger partial charge >= 0.3 is 0 Å². The molecule has 61 heavy (non-hydrogen) atoms. The van der Waals surface area contributed by atoms with Gasteiger partial charge in [0.15, 0.2) is 17.5 Å². The second-order valence-corrected chi connectivity index (χ2v) is 19.6. The molecule has 4 saturated carbocycles. The van der Waals surface area contributed by atoms with Crippen molar-refractivity contribution in [1.82, 2.24) is 15.0 Å². The number of aromatic nitrogens is 3. The van der Waals surface area contributed by atoms with E-state index in [2.05, 4.69) is 158 Å². The minimum Gasteiger partial charge on any atom is -0.457 e. The smallest absolute Gasteiger partial charge is 0.164 e. The molecule has 6 aliphatic rings. The summed E-state index contributed by atoms with van der Waals surface area (Å²) >= 11 is 1.83. The highest BCUT2D eigenvalue weighted by Gasteiger charge is 2.53. The standard InChI is InChI=1S/C56H41N3OS/c1-6-16-44-38(11-1)39-12-2-7-17-45(39)56(44)46-18-8-9-19-48(46)60-49-24-22-36(28-47(49)56)52-57-53(37-21-23-41-40-13-4-10-20-50(40)61-51(41)29-37)59-54(58-52)42-14-3-5-15-43(42)55-30-33-25-34(31-55)27-35(26-33)32-55/h1-24,28-29,33-35H,25-27,30-32H2. The number of rotatable bonds is 4. The van der Waals surface area contributed by atoms with Crippen molar-refractivity contribution in [2.24, 2.45) is 17.8 Å². The molecule has 292 valence electrons. The highest BCUT2D eigenvalue weighted by Crippen LogP contribution is 2.63. The van der Waals surface area contributed by atoms with Crippen molar-refractivity contribution < 1.29 is 4.74 Å². The summed E-state index contributed by atoms with van der Waals surface area (Å²) < 4.78 is 9.34. The maximum atomic E-state index is 6.82. The predicted molar refractivity (Wildman–Crippen MR) is 246 cm³/mol. The average Bonchev–Trinajstić information content (AvgIpc) is 3.82. The van der Waals surface area contributed by atoms with Crippen LogP contribution in [0.3, 0.4) is 0 Å². The van der Waals surface area contributed by atoms with Crippen molar-refractivity contribution in [1.29, 1.82) is 0 Å². The van der Waals surface area contributed by atoms with Crippen LogP contribution < -0.4 is 4.74 Å². The Morgan fingerprint density at radius 2 is 0.951 bits per heavy atom. The number of hydrogen-bond donors (Lipinski definition) is 0. The number of hydrogen-bond acceptors (Lipinski definition) is 5. The van der Waals surface area contributed by atoms with E-state index in [0.717, 1.165) is 62.9 Å². The normalized spacial score (nSPS) is 22.2. The molecule has 9 aromatic rings. The van der Waals surface area contributed by atoms with Gasteiger partial charge < -0.3 is 4.74 Å². The molecule has 0 saturated heterocycles. The summed E-state index contributed by atoms with van der Waals surface area (Å²) in [5.41, 5.74) is 11.4. The molecule has 4 fully saturated rings. The average molecular weight is 804 g/mol. The van der Waals surface area contributed by atoms with Crippen molar-refractivity contribution in [2.45, 2.75) is 49.4 Å². The highest BCUT2D eigenvalue weighted by atomic mass is 32.1. The number of benzene rings is 7. The zero-order valence-electron chi connectivity index (χ0n) is 33.6. The lowest BCUT2D eigenvalue weighted by Crippen LogP contribution is -2.48. The van der Waals surface area contributed by atoms with Gasteiger partial charge in [0.1, 0.15) is 11.5 Å². The minimum absolute atomic E-state index is 0.181. The van der Waals surface area contributed by atoms with Crippen LogP contribution in [0.2, 0.25) is 0 Å². The van der Waals surface area contributed by atoms with Crippen molar-refractivity contribution >= 4 is 31.5 Å². The number of para-hydroxylation sites is 1. The molecule has 15 rings (SSSR count). The van der Waals surface area contributed by atoms with Gasteiger partial charge in [0, 0.05) is 48.0 Å². The molecule has 0 N–H and O–H groups in total. The fourth-order valence-electron chi connectivity index (χ4n) is 13.2. The van der Waals surface area contributed by atoms with Gasteiger partial charge in [-0.15, -0.1) is 11.3 Å². The maximum absolute atomic E-state index is 6.82. The number of nitrogens with zero attached hydrogens (tertiary/aromatic N) is 3. The maximum Gasteiger partial charge on any atom is 0.164 e. The van der Waals surface area contributed by atoms with Crippen molar-refractivity contribution in [3.63, 3.8) is 0 Å². The molecule has 0 atom stereocenters. The first-order valence-corrected chi connectivity index (χ1v) is 22.8. The fourth-order valence-corrected chi connectivity index (χ4v) is 14.3. The first-order valence-electron chi connectivity index (χ1n) is 22.0. The van der Waals surface area contributed by atoms with Crippen LogP contribution in [0.4, 0.5) is 0 Å². The van der Waals surface area contributed by atoms with Gasteiger partial charge in [0.25, 0.3) is 0 Å². The summed E-state index contributed by atoms with van der Waals surface area (Å²) in [5, 5.41) is 2.56. The first kappa shape index (κ1) is 34.3. The Balaban J connectivity index is 1.00. The fraction of sp³-hybridized carbons (Fsp3) is 0.196. The quantitative estimate of drug-likeness (QED) is 0.178. The van der Waals surface area contributed by atoms with Gasteiger partial charge in [0.2, 0.25) is 0 Å². The lowest BCUT2D eigenvalue weighted by molar-refractivity contribution is -0.00494. The van der Waals surface area contributed by atoms with Crippen LogP contribution >= 0.6 is 11.3 Å². The lowest BCUT2D eigenvalue weighted by atomic mass is 9.47. The second kappa shape index (κ2) is 12.6. The molecule has 2 aromatic heterocycles. The number of thiophene rings is 1. The zero-order valence-corrected chi connectivity index (χ0v) is 34.5. The molecule has 0 amide bonds. The van der Waals surface area contributed by atoms with E-state index >= 15 is 0 Å². The molecule has 5 heteroatoms.